The van der Waals surface area contributed by atoms with Crippen LogP contribution in [0.5, 0.6) is 0 Å². The van der Waals surface area contributed by atoms with E-state index in [9.17, 15) is 4.79 Å². The van der Waals surface area contributed by atoms with Gasteiger partial charge >= 0.3 is 0 Å². The van der Waals surface area contributed by atoms with E-state index in [2.05, 4.69) is 10.3 Å². The number of aliphatic hydroxyl groups excluding tert-OH is 1. The first kappa shape index (κ1) is 13.0. The smallest absolute Gasteiger partial charge is 0.251 e. The second-order valence-electron chi connectivity index (χ2n) is 3.37. The van der Waals surface area contributed by atoms with Crippen molar-refractivity contribution in [2.24, 2.45) is 0 Å². The van der Waals surface area contributed by atoms with Crippen LogP contribution in [0.3, 0.4) is 0 Å². The second-order valence-corrected chi connectivity index (χ2v) is 4.66. The molecule has 0 aromatic carbocycles. The summed E-state index contributed by atoms with van der Waals surface area (Å²) in [5.41, 5.74) is 0.575. The van der Waals surface area contributed by atoms with Crippen LogP contribution in [-0.2, 0) is 0 Å². The topological polar surface area (TPSA) is 62.2 Å². The number of aromatic nitrogens is 1. The van der Waals surface area contributed by atoms with Gasteiger partial charge in [-0.3, -0.25) is 4.79 Å². The lowest BCUT2D eigenvalue weighted by Crippen LogP contribution is -2.34. The number of hydrogen-bond donors (Lipinski definition) is 2. The van der Waals surface area contributed by atoms with Gasteiger partial charge in [0, 0.05) is 17.8 Å². The van der Waals surface area contributed by atoms with Gasteiger partial charge in [-0.05, 0) is 24.8 Å². The molecule has 16 heavy (non-hydrogen) atoms. The number of carbonyl (C=O) groups is 1. The molecule has 0 aliphatic rings. The van der Waals surface area contributed by atoms with Gasteiger partial charge in [0.2, 0.25) is 0 Å². The number of nitrogens with one attached hydrogen (secondary N) is 1. The molecule has 0 spiro atoms. The summed E-state index contributed by atoms with van der Waals surface area (Å²) >= 11 is 1.59. The van der Waals surface area contributed by atoms with Gasteiger partial charge < -0.3 is 10.4 Å². The predicted octanol–water partition coefficient (Wildman–Crippen LogP) is 1.30. The van der Waals surface area contributed by atoms with Crippen molar-refractivity contribution in [1.82, 2.24) is 10.3 Å². The van der Waals surface area contributed by atoms with Gasteiger partial charge in [0.1, 0.15) is 0 Å². The van der Waals surface area contributed by atoms with Gasteiger partial charge in [-0.1, -0.05) is 6.92 Å². The molecule has 1 atom stereocenters. The summed E-state index contributed by atoms with van der Waals surface area (Å²) in [6.07, 6.45) is 1.62. The first-order chi connectivity index (χ1) is 7.67. The van der Waals surface area contributed by atoms with Crippen LogP contribution in [0.15, 0.2) is 23.4 Å². The number of aliphatic hydroxyl groups is 1. The maximum Gasteiger partial charge on any atom is 0.251 e. The average molecular weight is 240 g/mol. The van der Waals surface area contributed by atoms with Crippen molar-refractivity contribution in [1.29, 1.82) is 0 Å². The molecule has 1 heterocycles. The fourth-order valence-corrected chi connectivity index (χ4v) is 1.77. The Hall–Kier alpha value is -1.07. The lowest BCUT2D eigenvalue weighted by Gasteiger charge is -2.10. The van der Waals surface area contributed by atoms with Gasteiger partial charge in [0.15, 0.2) is 0 Å². The number of thioether (sulfide) groups is 1. The van der Waals surface area contributed by atoms with Crippen LogP contribution in [0.2, 0.25) is 0 Å². The molecule has 0 aliphatic heterocycles. The number of pyridine rings is 1. The van der Waals surface area contributed by atoms with Gasteiger partial charge in [-0.15, -0.1) is 11.8 Å². The van der Waals surface area contributed by atoms with Crippen molar-refractivity contribution < 1.29 is 9.90 Å². The third-order valence-electron chi connectivity index (χ3n) is 1.94. The Labute approximate surface area is 99.5 Å². The minimum absolute atomic E-state index is 0.0621. The zero-order chi connectivity index (χ0) is 12.0. The Morgan fingerprint density at radius 2 is 2.44 bits per heavy atom. The summed E-state index contributed by atoms with van der Waals surface area (Å²) in [6, 6.07) is 3.19. The molecule has 1 aromatic rings. The highest BCUT2D eigenvalue weighted by Crippen LogP contribution is 2.15. The molecule has 2 N–H and O–H groups in total. The molecule has 0 fully saturated rings. The molecule has 0 saturated heterocycles. The fourth-order valence-electron chi connectivity index (χ4n) is 1.13. The predicted molar refractivity (Wildman–Crippen MR) is 64.6 cm³/mol. The van der Waals surface area contributed by atoms with Crippen molar-refractivity contribution in [2.75, 3.05) is 12.4 Å². The van der Waals surface area contributed by atoms with Gasteiger partial charge in [-0.25, -0.2) is 4.98 Å². The van der Waals surface area contributed by atoms with Crippen LogP contribution in [0.25, 0.3) is 0 Å². The van der Waals surface area contributed by atoms with E-state index >= 15 is 0 Å². The summed E-state index contributed by atoms with van der Waals surface area (Å²) in [5.74, 6) is 0.743. The molecule has 1 amide bonds. The van der Waals surface area contributed by atoms with Gasteiger partial charge in [0.05, 0.1) is 11.6 Å². The third-order valence-corrected chi connectivity index (χ3v) is 2.75. The second kappa shape index (κ2) is 6.50. The summed E-state index contributed by atoms with van der Waals surface area (Å²) in [6.45, 7) is 3.72. The van der Waals surface area contributed by atoms with Gasteiger partial charge in [0.25, 0.3) is 5.91 Å². The molecule has 1 rings (SSSR count). The number of hydrogen-bond acceptors (Lipinski definition) is 4. The average Bonchev–Trinajstić information content (AvgIpc) is 2.29. The summed E-state index contributed by atoms with van der Waals surface area (Å²) in [7, 11) is 0. The molecule has 1 unspecified atom stereocenters. The van der Waals surface area contributed by atoms with E-state index < -0.39 is 0 Å². The molecule has 0 radical (unpaired) electrons. The number of nitrogens with zero attached hydrogens (tertiary/aromatic N) is 1. The number of carbonyl (C=O) groups excluding carboxylic acids is 1. The summed E-state index contributed by atoms with van der Waals surface area (Å²) in [4.78, 5) is 15.9. The van der Waals surface area contributed by atoms with E-state index in [4.69, 9.17) is 5.11 Å². The minimum atomic E-state index is -0.233. The Kier molecular flexibility index (Phi) is 5.28. The van der Waals surface area contributed by atoms with E-state index in [0.717, 1.165) is 10.8 Å². The zero-order valence-electron chi connectivity index (χ0n) is 9.43. The van der Waals surface area contributed by atoms with Crippen molar-refractivity contribution in [2.45, 2.75) is 24.9 Å². The minimum Gasteiger partial charge on any atom is -0.394 e. The Balaban J connectivity index is 2.71. The Bertz CT molecular complexity index is 358. The number of amides is 1. The van der Waals surface area contributed by atoms with E-state index in [-0.39, 0.29) is 18.6 Å². The SMILES string of the molecule is CCSc1cc(C(=O)NC(C)CO)ccn1. The van der Waals surface area contributed by atoms with E-state index in [1.54, 1.807) is 37.0 Å². The maximum atomic E-state index is 11.7. The standard InChI is InChI=1S/C11H16N2O2S/c1-3-16-10-6-9(4-5-12-10)11(15)13-8(2)7-14/h4-6,8,14H,3,7H2,1-2H3,(H,13,15). The number of rotatable bonds is 5. The molecule has 0 saturated carbocycles. The highest BCUT2D eigenvalue weighted by Gasteiger charge is 2.09. The van der Waals surface area contributed by atoms with Crippen molar-refractivity contribution >= 4 is 17.7 Å². The van der Waals surface area contributed by atoms with Crippen LogP contribution in [0.1, 0.15) is 24.2 Å². The summed E-state index contributed by atoms with van der Waals surface area (Å²) < 4.78 is 0. The largest absolute Gasteiger partial charge is 0.394 e. The lowest BCUT2D eigenvalue weighted by atomic mass is 10.2. The first-order valence-corrected chi connectivity index (χ1v) is 6.16. The molecule has 0 aliphatic carbocycles. The van der Waals surface area contributed by atoms with Crippen LogP contribution in [-0.4, -0.2) is 34.4 Å². The zero-order valence-corrected chi connectivity index (χ0v) is 10.3. The van der Waals surface area contributed by atoms with Crippen molar-refractivity contribution in [3.8, 4) is 0 Å². The maximum absolute atomic E-state index is 11.7. The van der Waals surface area contributed by atoms with Crippen molar-refractivity contribution in [3.63, 3.8) is 0 Å². The molecule has 88 valence electrons. The Morgan fingerprint density at radius 3 is 3.06 bits per heavy atom. The van der Waals surface area contributed by atoms with Crippen LogP contribution in [0.4, 0.5) is 0 Å². The molecule has 5 heteroatoms. The van der Waals surface area contributed by atoms with Crippen LogP contribution < -0.4 is 5.32 Å². The fraction of sp³-hybridized carbons (Fsp3) is 0.455. The summed E-state index contributed by atoms with van der Waals surface area (Å²) in [5, 5.41) is 12.4. The highest BCUT2D eigenvalue weighted by atomic mass is 32.2. The van der Waals surface area contributed by atoms with Crippen LogP contribution in [0, 0.1) is 0 Å². The van der Waals surface area contributed by atoms with Crippen molar-refractivity contribution in [3.05, 3.63) is 23.9 Å². The van der Waals surface area contributed by atoms with Gasteiger partial charge in [-0.2, -0.15) is 0 Å². The Morgan fingerprint density at radius 1 is 1.69 bits per heavy atom. The monoisotopic (exact) mass is 240 g/mol. The van der Waals surface area contributed by atoms with E-state index in [1.807, 2.05) is 6.92 Å². The quantitative estimate of drug-likeness (QED) is 0.762. The first-order valence-electron chi connectivity index (χ1n) is 5.18. The molecule has 4 nitrogen and oxygen atoms in total. The molecular formula is C11H16N2O2S. The molecular weight excluding hydrogens is 224 g/mol. The highest BCUT2D eigenvalue weighted by molar-refractivity contribution is 7.99. The molecule has 0 bridgehead atoms. The van der Waals surface area contributed by atoms with E-state index in [0.29, 0.717) is 5.56 Å². The van der Waals surface area contributed by atoms with E-state index in [1.165, 1.54) is 0 Å². The third kappa shape index (κ3) is 3.83. The molecule has 1 aromatic heterocycles. The van der Waals surface area contributed by atoms with Crippen LogP contribution >= 0.6 is 11.8 Å². The normalized spacial score (nSPS) is 12.2. The lowest BCUT2D eigenvalue weighted by molar-refractivity contribution is 0.0922.